The fourth-order valence-corrected chi connectivity index (χ4v) is 3.79. The van der Waals surface area contributed by atoms with Crippen molar-refractivity contribution in [3.05, 3.63) is 50.9 Å². The molecule has 4 nitrogen and oxygen atoms in total. The number of nitrogens with zero attached hydrogens (tertiary/aromatic N) is 1. The van der Waals surface area contributed by atoms with Crippen LogP contribution in [0.5, 0.6) is 0 Å². The van der Waals surface area contributed by atoms with E-state index in [0.29, 0.717) is 16.4 Å². The zero-order chi connectivity index (χ0) is 15.0. The third-order valence-corrected chi connectivity index (χ3v) is 4.74. The highest BCUT2D eigenvalue weighted by molar-refractivity contribution is 9.11. The molecule has 0 aliphatic rings. The Balaban J connectivity index is 1.92. The first-order valence-corrected chi connectivity index (χ1v) is 8.35. The molecule has 2 aromatic carbocycles. The highest BCUT2D eigenvalue weighted by atomic mass is 79.9. The van der Waals surface area contributed by atoms with Crippen LogP contribution in [0.3, 0.4) is 0 Å². The van der Waals surface area contributed by atoms with Crippen molar-refractivity contribution in [2.75, 3.05) is 11.1 Å². The van der Waals surface area contributed by atoms with Crippen LogP contribution >= 0.6 is 43.2 Å². The minimum atomic E-state index is -0.167. The number of nitrogens with two attached hydrogens (primary N) is 1. The van der Waals surface area contributed by atoms with Gasteiger partial charge in [0, 0.05) is 20.2 Å². The van der Waals surface area contributed by atoms with Gasteiger partial charge in [-0.25, -0.2) is 4.98 Å². The lowest BCUT2D eigenvalue weighted by molar-refractivity contribution is 0.102. The largest absolute Gasteiger partial charge is 0.375 e. The molecule has 0 atom stereocenters. The minimum absolute atomic E-state index is 0.167. The highest BCUT2D eigenvalue weighted by Gasteiger charge is 2.11. The van der Waals surface area contributed by atoms with Gasteiger partial charge < -0.3 is 11.1 Å². The fraction of sp³-hybridized carbons (Fsp3) is 0. The molecule has 1 heterocycles. The van der Waals surface area contributed by atoms with Crippen LogP contribution in [0.15, 0.2) is 45.3 Å². The van der Waals surface area contributed by atoms with Crippen molar-refractivity contribution in [1.29, 1.82) is 0 Å². The summed E-state index contributed by atoms with van der Waals surface area (Å²) in [6.07, 6.45) is 0. The van der Waals surface area contributed by atoms with E-state index in [1.165, 1.54) is 11.3 Å². The van der Waals surface area contributed by atoms with Gasteiger partial charge in [-0.3, -0.25) is 4.79 Å². The van der Waals surface area contributed by atoms with Gasteiger partial charge in [0.25, 0.3) is 5.91 Å². The number of halogens is 2. The molecular formula is C14H9Br2N3OS. The molecule has 0 radical (unpaired) electrons. The summed E-state index contributed by atoms with van der Waals surface area (Å²) in [5.41, 5.74) is 7.80. The summed E-state index contributed by atoms with van der Waals surface area (Å²) in [4.78, 5) is 16.5. The van der Waals surface area contributed by atoms with Crippen molar-refractivity contribution < 1.29 is 4.79 Å². The number of anilines is 2. The Bertz CT molecular complexity index is 847. The topological polar surface area (TPSA) is 68.0 Å². The number of carbonyl (C=O) groups is 1. The number of amides is 1. The second kappa shape index (κ2) is 5.75. The SMILES string of the molecule is Nc1nc2c(Br)cc(NC(=O)c3cccc(Br)c3)cc2s1. The quantitative estimate of drug-likeness (QED) is 0.626. The molecule has 106 valence electrons. The van der Waals surface area contributed by atoms with E-state index in [1.807, 2.05) is 24.3 Å². The molecule has 21 heavy (non-hydrogen) atoms. The van der Waals surface area contributed by atoms with E-state index in [4.69, 9.17) is 5.73 Å². The normalized spacial score (nSPS) is 10.8. The molecular weight excluding hydrogens is 418 g/mol. The summed E-state index contributed by atoms with van der Waals surface area (Å²) >= 11 is 8.19. The van der Waals surface area contributed by atoms with Crippen LogP contribution < -0.4 is 11.1 Å². The maximum absolute atomic E-state index is 12.2. The molecule has 1 amide bonds. The highest BCUT2D eigenvalue weighted by Crippen LogP contribution is 2.33. The van der Waals surface area contributed by atoms with Crippen molar-refractivity contribution in [3.63, 3.8) is 0 Å². The van der Waals surface area contributed by atoms with E-state index in [9.17, 15) is 4.79 Å². The molecule has 3 rings (SSSR count). The first kappa shape index (κ1) is 14.5. The Morgan fingerprint density at radius 3 is 2.81 bits per heavy atom. The lowest BCUT2D eigenvalue weighted by atomic mass is 10.2. The van der Waals surface area contributed by atoms with E-state index in [1.54, 1.807) is 12.1 Å². The first-order chi connectivity index (χ1) is 10.0. The Morgan fingerprint density at radius 2 is 2.05 bits per heavy atom. The zero-order valence-electron chi connectivity index (χ0n) is 10.6. The monoisotopic (exact) mass is 425 g/mol. The molecule has 3 N–H and O–H groups in total. The Morgan fingerprint density at radius 1 is 1.24 bits per heavy atom. The predicted molar refractivity (Wildman–Crippen MR) is 93.8 cm³/mol. The van der Waals surface area contributed by atoms with Crippen LogP contribution in [0.4, 0.5) is 10.8 Å². The Labute approximate surface area is 141 Å². The summed E-state index contributed by atoms with van der Waals surface area (Å²) in [6.45, 7) is 0. The van der Waals surface area contributed by atoms with E-state index < -0.39 is 0 Å². The number of aromatic nitrogens is 1. The van der Waals surface area contributed by atoms with Crippen LogP contribution in [-0.4, -0.2) is 10.9 Å². The van der Waals surface area contributed by atoms with Crippen molar-refractivity contribution in [1.82, 2.24) is 4.98 Å². The van der Waals surface area contributed by atoms with Crippen molar-refractivity contribution in [2.45, 2.75) is 0 Å². The lowest BCUT2D eigenvalue weighted by Gasteiger charge is -2.06. The van der Waals surface area contributed by atoms with Crippen LogP contribution in [0.25, 0.3) is 10.2 Å². The lowest BCUT2D eigenvalue weighted by Crippen LogP contribution is -2.11. The number of carbonyl (C=O) groups excluding carboxylic acids is 1. The second-order valence-electron chi connectivity index (χ2n) is 4.32. The van der Waals surface area contributed by atoms with Crippen molar-refractivity contribution in [2.24, 2.45) is 0 Å². The Hall–Kier alpha value is -1.44. The average Bonchev–Trinajstić information content (AvgIpc) is 2.80. The van der Waals surface area contributed by atoms with Gasteiger partial charge in [-0.15, -0.1) is 0 Å². The van der Waals surface area contributed by atoms with E-state index in [0.717, 1.165) is 19.2 Å². The minimum Gasteiger partial charge on any atom is -0.375 e. The summed E-state index contributed by atoms with van der Waals surface area (Å²) in [7, 11) is 0. The standard InChI is InChI=1S/C14H9Br2N3OS/c15-8-3-1-2-7(4-8)13(20)18-9-5-10(16)12-11(6-9)21-14(17)19-12/h1-6H,(H2,17,19)(H,18,20). The molecule has 0 saturated carbocycles. The second-order valence-corrected chi connectivity index (χ2v) is 7.15. The van der Waals surface area contributed by atoms with Gasteiger partial charge in [0.2, 0.25) is 0 Å². The predicted octanol–water partition coefficient (Wildman–Crippen LogP) is 4.66. The smallest absolute Gasteiger partial charge is 0.255 e. The number of nitrogen functional groups attached to an aromatic ring is 1. The summed E-state index contributed by atoms with van der Waals surface area (Å²) < 4.78 is 2.59. The number of nitrogens with one attached hydrogen (secondary N) is 1. The van der Waals surface area contributed by atoms with E-state index >= 15 is 0 Å². The van der Waals surface area contributed by atoms with E-state index in [-0.39, 0.29) is 5.91 Å². The molecule has 0 spiro atoms. The molecule has 0 fully saturated rings. The number of rotatable bonds is 2. The fourth-order valence-electron chi connectivity index (χ4n) is 1.91. The molecule has 3 aromatic rings. The number of benzene rings is 2. The molecule has 0 aliphatic heterocycles. The number of fused-ring (bicyclic) bond motifs is 1. The van der Waals surface area contributed by atoms with Crippen molar-refractivity contribution in [3.8, 4) is 0 Å². The molecule has 0 unspecified atom stereocenters. The first-order valence-electron chi connectivity index (χ1n) is 5.95. The van der Waals surface area contributed by atoms with Gasteiger partial charge in [-0.2, -0.15) is 0 Å². The zero-order valence-corrected chi connectivity index (χ0v) is 14.5. The third kappa shape index (κ3) is 3.09. The number of hydrogen-bond acceptors (Lipinski definition) is 4. The summed E-state index contributed by atoms with van der Waals surface area (Å²) in [5, 5.41) is 3.38. The van der Waals surface area contributed by atoms with Crippen LogP contribution in [0.1, 0.15) is 10.4 Å². The number of hydrogen-bond donors (Lipinski definition) is 2. The van der Waals surface area contributed by atoms with Gasteiger partial charge in [0.1, 0.15) is 0 Å². The maximum Gasteiger partial charge on any atom is 0.255 e. The number of thiazole rings is 1. The molecule has 0 saturated heterocycles. The van der Waals surface area contributed by atoms with Crippen LogP contribution in [0, 0.1) is 0 Å². The van der Waals surface area contributed by atoms with Gasteiger partial charge >= 0.3 is 0 Å². The maximum atomic E-state index is 12.2. The molecule has 0 aliphatic carbocycles. The van der Waals surface area contributed by atoms with Gasteiger partial charge in [0.05, 0.1) is 10.2 Å². The van der Waals surface area contributed by atoms with Crippen molar-refractivity contribution >= 4 is 70.1 Å². The van der Waals surface area contributed by atoms with Gasteiger partial charge in [-0.1, -0.05) is 33.3 Å². The van der Waals surface area contributed by atoms with Gasteiger partial charge in [-0.05, 0) is 46.3 Å². The summed E-state index contributed by atoms with van der Waals surface area (Å²) in [5.74, 6) is -0.167. The molecule has 1 aromatic heterocycles. The molecule has 0 bridgehead atoms. The molecule has 7 heteroatoms. The van der Waals surface area contributed by atoms with Crippen LogP contribution in [0.2, 0.25) is 0 Å². The summed E-state index contributed by atoms with van der Waals surface area (Å²) in [6, 6.07) is 10.9. The van der Waals surface area contributed by atoms with Gasteiger partial charge in [0.15, 0.2) is 5.13 Å². The van der Waals surface area contributed by atoms with E-state index in [2.05, 4.69) is 42.2 Å². The average molecular weight is 427 g/mol. The third-order valence-electron chi connectivity index (χ3n) is 2.81. The Kier molecular flexibility index (Phi) is 3.97. The van der Waals surface area contributed by atoms with Crippen LogP contribution in [-0.2, 0) is 0 Å².